The van der Waals surface area contributed by atoms with E-state index in [0.29, 0.717) is 0 Å². The molecule has 0 spiro atoms. The van der Waals surface area contributed by atoms with Gasteiger partial charge in [0.15, 0.2) is 7.14 Å². The van der Waals surface area contributed by atoms with Crippen LogP contribution in [0, 0.1) is 0 Å². The van der Waals surface area contributed by atoms with E-state index >= 15 is 4.57 Å². The smallest absolute Gasteiger partial charge is 0.171 e. The van der Waals surface area contributed by atoms with Gasteiger partial charge in [-0.25, -0.2) is 4.98 Å². The number of hydrogen-bond donors (Lipinski definition) is 0. The van der Waals surface area contributed by atoms with Gasteiger partial charge in [-0.05, 0) is 96.4 Å². The number of pyridine rings is 1. The van der Waals surface area contributed by atoms with Gasteiger partial charge in [0.25, 0.3) is 0 Å². The molecule has 276 valence electrons. The number of fused-ring (bicyclic) bond motifs is 12. The summed E-state index contributed by atoms with van der Waals surface area (Å²) in [7, 11) is -3.13. The third kappa shape index (κ3) is 5.29. The van der Waals surface area contributed by atoms with Crippen molar-refractivity contribution < 1.29 is 4.57 Å². The largest absolute Gasteiger partial charge is 0.309 e. The Labute approximate surface area is 340 Å². The number of hydrogen-bond acceptors (Lipinski definition) is 2. The molecule has 0 fully saturated rings. The second-order valence-electron chi connectivity index (χ2n) is 15.5. The Morgan fingerprint density at radius 3 is 1.75 bits per heavy atom. The van der Waals surface area contributed by atoms with Crippen LogP contribution in [-0.4, -0.2) is 9.38 Å². The lowest BCUT2D eigenvalue weighted by Gasteiger charge is -2.21. The molecule has 12 aromatic rings. The van der Waals surface area contributed by atoms with E-state index in [-0.39, 0.29) is 0 Å². The molecular formula is C55H35N2OP. The lowest BCUT2D eigenvalue weighted by Crippen LogP contribution is -2.25. The van der Waals surface area contributed by atoms with Gasteiger partial charge in [-0.3, -0.25) is 4.40 Å². The van der Waals surface area contributed by atoms with Crippen molar-refractivity contribution in [2.24, 2.45) is 0 Å². The predicted molar refractivity (Wildman–Crippen MR) is 250 cm³/mol. The molecule has 10 aromatic carbocycles. The Hall–Kier alpha value is -7.32. The topological polar surface area (TPSA) is 34.4 Å². The molecule has 0 radical (unpaired) electrons. The van der Waals surface area contributed by atoms with Gasteiger partial charge < -0.3 is 4.57 Å². The standard InChI is InChI=1S/C55H35N2OP/c58-59(45-13-2-1-3-14-45,47-30-26-36-10-4-5-12-41(36)33-47)46-28-24-38(25-29-46)37-18-20-39(21-19-37)42-22-23-43-34-50-49-31-27-40-11-6-7-15-48(40)54(49)55-56-51-16-8-9-17-52(51)57(55)53(50)35-44(43)32-42/h1-35H. The Bertz CT molecular complexity index is 3680. The summed E-state index contributed by atoms with van der Waals surface area (Å²) in [5.41, 5.74) is 8.75. The number of nitrogens with zero attached hydrogens (tertiary/aromatic N) is 2. The second-order valence-corrected chi connectivity index (χ2v) is 18.3. The maximum absolute atomic E-state index is 15.3. The molecule has 0 saturated carbocycles. The Morgan fingerprint density at radius 2 is 0.932 bits per heavy atom. The Balaban J connectivity index is 0.924. The number of benzene rings is 10. The number of rotatable bonds is 5. The highest BCUT2D eigenvalue weighted by Crippen LogP contribution is 2.44. The first-order chi connectivity index (χ1) is 29.1. The van der Waals surface area contributed by atoms with Gasteiger partial charge in [0.05, 0.1) is 16.6 Å². The van der Waals surface area contributed by atoms with Crippen LogP contribution in [0.3, 0.4) is 0 Å². The molecule has 1 atom stereocenters. The average molecular weight is 771 g/mol. The fraction of sp³-hybridized carbons (Fsp3) is 0. The molecule has 0 bridgehead atoms. The minimum absolute atomic E-state index is 0.824. The van der Waals surface area contributed by atoms with Crippen molar-refractivity contribution in [3.8, 4) is 22.3 Å². The van der Waals surface area contributed by atoms with Crippen molar-refractivity contribution in [2.45, 2.75) is 0 Å². The van der Waals surface area contributed by atoms with E-state index in [4.69, 9.17) is 4.98 Å². The van der Waals surface area contributed by atoms with Crippen LogP contribution in [0.5, 0.6) is 0 Å². The number of imidazole rings is 1. The van der Waals surface area contributed by atoms with Crippen LogP contribution in [0.2, 0.25) is 0 Å². The summed E-state index contributed by atoms with van der Waals surface area (Å²) < 4.78 is 17.6. The molecule has 1 unspecified atom stereocenters. The minimum atomic E-state index is -3.13. The predicted octanol–water partition coefficient (Wildman–Crippen LogP) is 13.2. The molecule has 59 heavy (non-hydrogen) atoms. The summed E-state index contributed by atoms with van der Waals surface area (Å²) in [5, 5.41) is 13.2. The van der Waals surface area contributed by atoms with Crippen molar-refractivity contribution in [1.82, 2.24) is 9.38 Å². The molecule has 0 aliphatic rings. The molecule has 3 nitrogen and oxygen atoms in total. The molecule has 12 rings (SSSR count). The summed E-state index contributed by atoms with van der Waals surface area (Å²) in [6, 6.07) is 74.5. The first-order valence-corrected chi connectivity index (χ1v) is 21.8. The normalized spacial score (nSPS) is 12.9. The second kappa shape index (κ2) is 13.1. The van der Waals surface area contributed by atoms with Crippen LogP contribution in [-0.2, 0) is 4.57 Å². The van der Waals surface area contributed by atoms with Gasteiger partial charge in [-0.2, -0.15) is 0 Å². The molecule has 0 N–H and O–H groups in total. The van der Waals surface area contributed by atoms with Crippen molar-refractivity contribution in [1.29, 1.82) is 0 Å². The highest BCUT2D eigenvalue weighted by molar-refractivity contribution is 7.85. The van der Waals surface area contributed by atoms with Crippen molar-refractivity contribution in [2.75, 3.05) is 0 Å². The van der Waals surface area contributed by atoms with Crippen LogP contribution >= 0.6 is 7.14 Å². The zero-order valence-corrected chi connectivity index (χ0v) is 32.9. The van der Waals surface area contributed by atoms with Crippen molar-refractivity contribution >= 4 is 93.7 Å². The minimum Gasteiger partial charge on any atom is -0.309 e. The summed E-state index contributed by atoms with van der Waals surface area (Å²) in [4.78, 5) is 5.23. The van der Waals surface area contributed by atoms with E-state index in [1.54, 1.807) is 0 Å². The Morgan fingerprint density at radius 1 is 0.356 bits per heavy atom. The molecule has 2 heterocycles. The van der Waals surface area contributed by atoms with E-state index in [0.717, 1.165) is 71.1 Å². The first kappa shape index (κ1) is 33.8. The lowest BCUT2D eigenvalue weighted by atomic mass is 9.95. The quantitative estimate of drug-likeness (QED) is 0.0992. The van der Waals surface area contributed by atoms with E-state index in [1.807, 2.05) is 60.7 Å². The van der Waals surface area contributed by atoms with Gasteiger partial charge in [0.2, 0.25) is 0 Å². The molecule has 0 saturated heterocycles. The molecule has 4 heteroatoms. The number of aromatic nitrogens is 2. The highest BCUT2D eigenvalue weighted by Gasteiger charge is 2.30. The van der Waals surface area contributed by atoms with Crippen LogP contribution in [0.4, 0.5) is 0 Å². The van der Waals surface area contributed by atoms with E-state index in [2.05, 4.69) is 156 Å². The summed E-state index contributed by atoms with van der Waals surface area (Å²) in [6.07, 6.45) is 0. The van der Waals surface area contributed by atoms with Crippen molar-refractivity contribution in [3.05, 3.63) is 212 Å². The average Bonchev–Trinajstić information content (AvgIpc) is 3.70. The monoisotopic (exact) mass is 770 g/mol. The van der Waals surface area contributed by atoms with E-state index < -0.39 is 7.14 Å². The zero-order chi connectivity index (χ0) is 39.1. The summed E-state index contributed by atoms with van der Waals surface area (Å²) in [6.45, 7) is 0. The Kier molecular flexibility index (Phi) is 7.51. The van der Waals surface area contributed by atoms with E-state index in [9.17, 15) is 0 Å². The lowest BCUT2D eigenvalue weighted by molar-refractivity contribution is 0.592. The molecular weight excluding hydrogens is 736 g/mol. The number of para-hydroxylation sites is 2. The highest BCUT2D eigenvalue weighted by atomic mass is 31.2. The van der Waals surface area contributed by atoms with Gasteiger partial charge in [0.1, 0.15) is 5.65 Å². The van der Waals surface area contributed by atoms with Gasteiger partial charge in [0, 0.05) is 26.7 Å². The molecule has 0 aliphatic carbocycles. The third-order valence-electron chi connectivity index (χ3n) is 12.2. The maximum Gasteiger partial charge on any atom is 0.171 e. The van der Waals surface area contributed by atoms with Crippen LogP contribution in [0.1, 0.15) is 0 Å². The summed E-state index contributed by atoms with van der Waals surface area (Å²) in [5.74, 6) is 0. The van der Waals surface area contributed by atoms with E-state index in [1.165, 1.54) is 37.7 Å². The fourth-order valence-electron chi connectivity index (χ4n) is 9.22. The van der Waals surface area contributed by atoms with Gasteiger partial charge in [-0.1, -0.05) is 176 Å². The fourth-order valence-corrected chi connectivity index (χ4v) is 11.9. The van der Waals surface area contributed by atoms with Crippen LogP contribution in [0.25, 0.3) is 92.9 Å². The van der Waals surface area contributed by atoms with Crippen LogP contribution in [0.15, 0.2) is 212 Å². The molecule has 2 aromatic heterocycles. The summed E-state index contributed by atoms with van der Waals surface area (Å²) >= 11 is 0. The molecule has 0 amide bonds. The first-order valence-electron chi connectivity index (χ1n) is 20.0. The van der Waals surface area contributed by atoms with Gasteiger partial charge >= 0.3 is 0 Å². The molecule has 0 aliphatic heterocycles. The van der Waals surface area contributed by atoms with Crippen molar-refractivity contribution in [3.63, 3.8) is 0 Å². The third-order valence-corrected chi connectivity index (χ3v) is 15.3. The SMILES string of the molecule is O=P(c1ccccc1)(c1ccc(-c2ccc(-c3ccc4cc5c6ccc7ccccc7c6c6nc7ccccc7n6c5cc4c3)cc2)cc1)c1ccc2ccccc2c1. The van der Waals surface area contributed by atoms with Gasteiger partial charge in [-0.15, -0.1) is 0 Å². The zero-order valence-electron chi connectivity index (χ0n) is 32.0. The van der Waals surface area contributed by atoms with Crippen LogP contribution < -0.4 is 15.9 Å². The maximum atomic E-state index is 15.3.